The van der Waals surface area contributed by atoms with Crippen LogP contribution in [0.2, 0.25) is 0 Å². The first-order chi connectivity index (χ1) is 9.22. The third kappa shape index (κ3) is 8.18. The molecule has 1 aromatic rings. The molecule has 0 unspecified atom stereocenters. The summed E-state index contributed by atoms with van der Waals surface area (Å²) in [6, 6.07) is 2.00. The van der Waals surface area contributed by atoms with E-state index in [1.165, 1.54) is 6.42 Å². The highest BCUT2D eigenvalue weighted by Crippen LogP contribution is 2.12. The second-order valence-corrected chi connectivity index (χ2v) is 5.50. The summed E-state index contributed by atoms with van der Waals surface area (Å²) in [6.07, 6.45) is 2.30. The van der Waals surface area contributed by atoms with Gasteiger partial charge in [0.2, 0.25) is 0 Å². The summed E-state index contributed by atoms with van der Waals surface area (Å²) >= 11 is 1.71. The number of aryl methyl sites for hydroxylation is 2. The predicted molar refractivity (Wildman–Crippen MR) is 80.8 cm³/mol. The highest BCUT2D eigenvalue weighted by Gasteiger charge is 1.99. The molecule has 4 nitrogen and oxygen atoms in total. The number of hydrogen-bond donors (Lipinski definition) is 1. The molecule has 1 aromatic heterocycles. The van der Waals surface area contributed by atoms with Crippen molar-refractivity contribution in [3.05, 3.63) is 17.5 Å². The van der Waals surface area contributed by atoms with Gasteiger partial charge < -0.3 is 10.1 Å². The minimum atomic E-state index is 0.819. The Labute approximate surface area is 120 Å². The van der Waals surface area contributed by atoms with Crippen molar-refractivity contribution in [3.63, 3.8) is 0 Å². The summed E-state index contributed by atoms with van der Waals surface area (Å²) in [5, 5.41) is 4.31. The highest BCUT2D eigenvalue weighted by atomic mass is 32.2. The summed E-state index contributed by atoms with van der Waals surface area (Å²) in [6.45, 7) is 9.80. The maximum Gasteiger partial charge on any atom is 0.188 e. The maximum absolute atomic E-state index is 5.29. The van der Waals surface area contributed by atoms with E-state index in [0.29, 0.717) is 0 Å². The molecule has 0 bridgehead atoms. The lowest BCUT2D eigenvalue weighted by atomic mass is 10.3. The zero-order valence-electron chi connectivity index (χ0n) is 12.2. The van der Waals surface area contributed by atoms with Crippen molar-refractivity contribution in [2.45, 2.75) is 38.8 Å². The number of unbranched alkanes of at least 4 members (excludes halogenated alkanes) is 1. The van der Waals surface area contributed by atoms with Gasteiger partial charge in [-0.15, -0.1) is 0 Å². The Hall–Kier alpha value is -0.650. The van der Waals surface area contributed by atoms with Crippen molar-refractivity contribution in [2.24, 2.45) is 0 Å². The van der Waals surface area contributed by atoms with Gasteiger partial charge in [-0.1, -0.05) is 11.8 Å². The van der Waals surface area contributed by atoms with E-state index >= 15 is 0 Å². The largest absolute Gasteiger partial charge is 0.382 e. The lowest BCUT2D eigenvalue weighted by Gasteiger charge is -2.05. The third-order valence-corrected chi connectivity index (χ3v) is 3.42. The first-order valence-corrected chi connectivity index (χ1v) is 7.94. The SMILES string of the molecule is CCOCCCCNCCSc1nc(C)cc(C)n1. The molecule has 0 aliphatic heterocycles. The van der Waals surface area contributed by atoms with Crippen LogP contribution in [0, 0.1) is 13.8 Å². The molecule has 0 amide bonds. The predicted octanol–water partition coefficient (Wildman–Crippen LogP) is 2.59. The Balaban J connectivity index is 2.01. The molecule has 5 heteroatoms. The quantitative estimate of drug-likeness (QED) is 0.406. The van der Waals surface area contributed by atoms with Gasteiger partial charge in [-0.25, -0.2) is 9.97 Å². The first kappa shape index (κ1) is 16.4. The number of thioether (sulfide) groups is 1. The molecule has 1 rings (SSSR count). The van der Waals surface area contributed by atoms with E-state index in [9.17, 15) is 0 Å². The van der Waals surface area contributed by atoms with E-state index in [1.54, 1.807) is 11.8 Å². The van der Waals surface area contributed by atoms with Crippen LogP contribution in [-0.2, 0) is 4.74 Å². The van der Waals surface area contributed by atoms with Crippen molar-refractivity contribution < 1.29 is 4.74 Å². The molecule has 19 heavy (non-hydrogen) atoms. The second kappa shape index (κ2) is 10.2. The van der Waals surface area contributed by atoms with Crippen LogP contribution in [0.15, 0.2) is 11.2 Å². The molecule has 0 aliphatic rings. The van der Waals surface area contributed by atoms with Crippen molar-refractivity contribution >= 4 is 11.8 Å². The van der Waals surface area contributed by atoms with E-state index in [-0.39, 0.29) is 0 Å². The van der Waals surface area contributed by atoms with Crippen LogP contribution in [-0.4, -0.2) is 42.0 Å². The summed E-state index contributed by atoms with van der Waals surface area (Å²) in [4.78, 5) is 8.82. The maximum atomic E-state index is 5.29. The molecule has 0 fully saturated rings. The van der Waals surface area contributed by atoms with Crippen molar-refractivity contribution in [2.75, 3.05) is 32.1 Å². The van der Waals surface area contributed by atoms with Crippen LogP contribution in [0.5, 0.6) is 0 Å². The molecule has 0 atom stereocenters. The lowest BCUT2D eigenvalue weighted by molar-refractivity contribution is 0.143. The lowest BCUT2D eigenvalue weighted by Crippen LogP contribution is -2.19. The number of rotatable bonds is 10. The van der Waals surface area contributed by atoms with Crippen LogP contribution in [0.1, 0.15) is 31.2 Å². The van der Waals surface area contributed by atoms with Gasteiger partial charge in [0.15, 0.2) is 5.16 Å². The Morgan fingerprint density at radius 1 is 1.16 bits per heavy atom. The van der Waals surface area contributed by atoms with Crippen LogP contribution in [0.25, 0.3) is 0 Å². The van der Waals surface area contributed by atoms with Gasteiger partial charge in [0.05, 0.1) is 0 Å². The fourth-order valence-electron chi connectivity index (χ4n) is 1.70. The smallest absolute Gasteiger partial charge is 0.188 e. The van der Waals surface area contributed by atoms with E-state index in [0.717, 1.165) is 55.0 Å². The topological polar surface area (TPSA) is 47.0 Å². The number of hydrogen-bond acceptors (Lipinski definition) is 5. The van der Waals surface area contributed by atoms with Crippen LogP contribution < -0.4 is 5.32 Å². The fourth-order valence-corrected chi connectivity index (χ4v) is 2.54. The molecule has 1 N–H and O–H groups in total. The average Bonchev–Trinajstić information content (AvgIpc) is 2.36. The van der Waals surface area contributed by atoms with E-state index in [2.05, 4.69) is 15.3 Å². The molecule has 0 spiro atoms. The number of nitrogens with one attached hydrogen (secondary N) is 1. The second-order valence-electron chi connectivity index (χ2n) is 4.44. The summed E-state index contributed by atoms with van der Waals surface area (Å²) in [7, 11) is 0. The molecule has 0 radical (unpaired) electrons. The van der Waals surface area contributed by atoms with E-state index < -0.39 is 0 Å². The molecule has 1 heterocycles. The average molecular weight is 283 g/mol. The Kier molecular flexibility index (Phi) is 8.79. The van der Waals surface area contributed by atoms with Crippen LogP contribution >= 0.6 is 11.8 Å². The summed E-state index contributed by atoms with van der Waals surface area (Å²) in [5.41, 5.74) is 2.08. The van der Waals surface area contributed by atoms with Crippen molar-refractivity contribution in [3.8, 4) is 0 Å². The summed E-state index contributed by atoms with van der Waals surface area (Å²) < 4.78 is 5.29. The first-order valence-electron chi connectivity index (χ1n) is 6.96. The number of ether oxygens (including phenoxy) is 1. The van der Waals surface area contributed by atoms with Crippen LogP contribution in [0.4, 0.5) is 0 Å². The van der Waals surface area contributed by atoms with Crippen molar-refractivity contribution in [1.82, 2.24) is 15.3 Å². The standard InChI is InChI=1S/C14H25N3OS/c1-4-18-9-6-5-7-15-8-10-19-14-16-12(2)11-13(3)17-14/h11,15H,4-10H2,1-3H3. The fraction of sp³-hybridized carbons (Fsp3) is 0.714. The number of nitrogens with zero attached hydrogens (tertiary/aromatic N) is 2. The minimum Gasteiger partial charge on any atom is -0.382 e. The van der Waals surface area contributed by atoms with E-state index in [4.69, 9.17) is 4.74 Å². The van der Waals surface area contributed by atoms with Gasteiger partial charge in [-0.05, 0) is 46.2 Å². The molecule has 108 valence electrons. The third-order valence-electron chi connectivity index (χ3n) is 2.57. The van der Waals surface area contributed by atoms with Gasteiger partial charge in [0.1, 0.15) is 0 Å². The van der Waals surface area contributed by atoms with Gasteiger partial charge in [-0.3, -0.25) is 0 Å². The molecule has 0 saturated carbocycles. The summed E-state index contributed by atoms with van der Waals surface area (Å²) in [5.74, 6) is 1.01. The monoisotopic (exact) mass is 283 g/mol. The normalized spacial score (nSPS) is 10.9. The molecule has 0 aromatic carbocycles. The minimum absolute atomic E-state index is 0.819. The number of aromatic nitrogens is 2. The van der Waals surface area contributed by atoms with E-state index in [1.807, 2.05) is 26.8 Å². The zero-order valence-corrected chi connectivity index (χ0v) is 13.1. The Morgan fingerprint density at radius 3 is 2.58 bits per heavy atom. The van der Waals surface area contributed by atoms with Crippen LogP contribution in [0.3, 0.4) is 0 Å². The van der Waals surface area contributed by atoms with Gasteiger partial charge in [0, 0.05) is 36.9 Å². The van der Waals surface area contributed by atoms with Gasteiger partial charge >= 0.3 is 0 Å². The zero-order chi connectivity index (χ0) is 13.9. The molecule has 0 aliphatic carbocycles. The van der Waals surface area contributed by atoms with Gasteiger partial charge in [0.25, 0.3) is 0 Å². The Bertz CT molecular complexity index is 340. The molecular weight excluding hydrogens is 258 g/mol. The molecule has 0 saturated heterocycles. The van der Waals surface area contributed by atoms with Crippen molar-refractivity contribution in [1.29, 1.82) is 0 Å². The highest BCUT2D eigenvalue weighted by molar-refractivity contribution is 7.99. The Morgan fingerprint density at radius 2 is 1.89 bits per heavy atom. The van der Waals surface area contributed by atoms with Gasteiger partial charge in [-0.2, -0.15) is 0 Å². The molecular formula is C14H25N3OS.